The lowest BCUT2D eigenvalue weighted by Gasteiger charge is -2.12. The number of nitrogens with zero attached hydrogens (tertiary/aromatic N) is 2. The normalized spacial score (nSPS) is 12.5. The molecule has 0 saturated heterocycles. The first kappa shape index (κ1) is 10.9. The van der Waals surface area contributed by atoms with Crippen molar-refractivity contribution in [2.75, 3.05) is 12.4 Å². The van der Waals surface area contributed by atoms with Crippen molar-refractivity contribution in [2.45, 2.75) is 32.9 Å². The van der Waals surface area contributed by atoms with Gasteiger partial charge >= 0.3 is 0 Å². The predicted molar refractivity (Wildman–Crippen MR) is 58.2 cm³/mol. The van der Waals surface area contributed by atoms with Crippen LogP contribution in [-0.4, -0.2) is 23.1 Å². The van der Waals surface area contributed by atoms with Gasteiger partial charge in [0.25, 0.3) is 0 Å². The highest BCUT2D eigenvalue weighted by Crippen LogP contribution is 2.05. The van der Waals surface area contributed by atoms with Crippen LogP contribution >= 0.6 is 0 Å². The van der Waals surface area contributed by atoms with Crippen LogP contribution in [0, 0.1) is 0 Å². The molecule has 1 heterocycles. The van der Waals surface area contributed by atoms with Crippen LogP contribution in [-0.2, 0) is 6.54 Å². The van der Waals surface area contributed by atoms with Gasteiger partial charge in [0.1, 0.15) is 11.6 Å². The van der Waals surface area contributed by atoms with Gasteiger partial charge in [0.15, 0.2) is 0 Å². The van der Waals surface area contributed by atoms with Crippen LogP contribution in [0.25, 0.3) is 0 Å². The van der Waals surface area contributed by atoms with Gasteiger partial charge in [0.05, 0.1) is 6.54 Å². The van der Waals surface area contributed by atoms with Gasteiger partial charge < -0.3 is 10.6 Å². The van der Waals surface area contributed by atoms with E-state index in [2.05, 4.69) is 34.4 Å². The van der Waals surface area contributed by atoms with Gasteiger partial charge in [-0.15, -0.1) is 0 Å². The summed E-state index contributed by atoms with van der Waals surface area (Å²) in [4.78, 5) is 8.51. The van der Waals surface area contributed by atoms with Crippen molar-refractivity contribution in [1.82, 2.24) is 15.3 Å². The average Bonchev–Trinajstić information content (AvgIpc) is 2.19. The molecule has 2 N–H and O–H groups in total. The van der Waals surface area contributed by atoms with Gasteiger partial charge in [0.2, 0.25) is 0 Å². The average molecular weight is 194 g/mol. The lowest BCUT2D eigenvalue weighted by Crippen LogP contribution is -2.16. The third-order valence-electron chi connectivity index (χ3n) is 2.05. The van der Waals surface area contributed by atoms with Crippen molar-refractivity contribution in [3.05, 3.63) is 18.1 Å². The minimum Gasteiger partial charge on any atom is -0.368 e. The number of anilines is 1. The first-order valence-electron chi connectivity index (χ1n) is 4.99. The molecule has 1 unspecified atom stereocenters. The number of nitrogens with one attached hydrogen (secondary N) is 2. The first-order valence-corrected chi connectivity index (χ1v) is 4.99. The van der Waals surface area contributed by atoms with Crippen LogP contribution < -0.4 is 10.6 Å². The van der Waals surface area contributed by atoms with E-state index < -0.39 is 0 Å². The molecule has 1 atom stereocenters. The summed E-state index contributed by atoms with van der Waals surface area (Å²) in [5.41, 5.74) is 0. The van der Waals surface area contributed by atoms with Crippen molar-refractivity contribution >= 4 is 5.82 Å². The summed E-state index contributed by atoms with van der Waals surface area (Å²) in [5, 5.41) is 6.34. The molecule has 4 nitrogen and oxygen atoms in total. The molecule has 78 valence electrons. The number of rotatable bonds is 5. The molecule has 0 aliphatic heterocycles. The first-order chi connectivity index (χ1) is 6.76. The van der Waals surface area contributed by atoms with Gasteiger partial charge in [0, 0.05) is 12.2 Å². The summed E-state index contributed by atoms with van der Waals surface area (Å²) in [7, 11) is 1.89. The maximum atomic E-state index is 4.37. The van der Waals surface area contributed by atoms with E-state index >= 15 is 0 Å². The Morgan fingerprint density at radius 1 is 1.50 bits per heavy atom. The van der Waals surface area contributed by atoms with Crippen molar-refractivity contribution < 1.29 is 0 Å². The highest BCUT2D eigenvalue weighted by Gasteiger charge is 2.01. The third-order valence-corrected chi connectivity index (χ3v) is 2.05. The number of hydrogen-bond donors (Lipinski definition) is 2. The molecule has 0 radical (unpaired) electrons. The molecule has 1 aromatic rings. The standard InChI is InChI=1S/C10H18N4/c1-4-8(2)13-9-5-6-12-10(14-9)7-11-3/h5-6,8,11H,4,7H2,1-3H3,(H,12,13,14). The molecule has 0 bridgehead atoms. The molecule has 0 aromatic carbocycles. The third kappa shape index (κ3) is 3.30. The van der Waals surface area contributed by atoms with Crippen LogP contribution in [0.5, 0.6) is 0 Å². The molecule has 4 heteroatoms. The largest absolute Gasteiger partial charge is 0.368 e. The molecular formula is C10H18N4. The highest BCUT2D eigenvalue weighted by molar-refractivity contribution is 5.33. The fourth-order valence-corrected chi connectivity index (χ4v) is 1.08. The summed E-state index contributed by atoms with van der Waals surface area (Å²) < 4.78 is 0. The summed E-state index contributed by atoms with van der Waals surface area (Å²) in [6.45, 7) is 4.99. The van der Waals surface area contributed by atoms with Crippen LogP contribution in [0.2, 0.25) is 0 Å². The highest BCUT2D eigenvalue weighted by atomic mass is 15.1. The minimum atomic E-state index is 0.451. The van der Waals surface area contributed by atoms with E-state index in [1.165, 1.54) is 0 Å². The predicted octanol–water partition coefficient (Wildman–Crippen LogP) is 1.41. The quantitative estimate of drug-likeness (QED) is 0.744. The minimum absolute atomic E-state index is 0.451. The van der Waals surface area contributed by atoms with Gasteiger partial charge in [-0.3, -0.25) is 0 Å². The van der Waals surface area contributed by atoms with E-state index in [9.17, 15) is 0 Å². The molecule has 1 rings (SSSR count). The molecule has 1 aromatic heterocycles. The lowest BCUT2D eigenvalue weighted by molar-refractivity contribution is 0.737. The Morgan fingerprint density at radius 2 is 2.29 bits per heavy atom. The van der Waals surface area contributed by atoms with Crippen molar-refractivity contribution in [2.24, 2.45) is 0 Å². The fourth-order valence-electron chi connectivity index (χ4n) is 1.08. The van der Waals surface area contributed by atoms with Crippen molar-refractivity contribution in [3.63, 3.8) is 0 Å². The molecule has 0 saturated carbocycles. The van der Waals surface area contributed by atoms with Gasteiger partial charge in [-0.05, 0) is 26.5 Å². The Balaban J connectivity index is 2.63. The van der Waals surface area contributed by atoms with E-state index in [4.69, 9.17) is 0 Å². The van der Waals surface area contributed by atoms with Gasteiger partial charge in [-0.2, -0.15) is 0 Å². The second-order valence-corrected chi connectivity index (χ2v) is 3.34. The van der Waals surface area contributed by atoms with E-state index in [0.717, 1.165) is 18.1 Å². The fraction of sp³-hybridized carbons (Fsp3) is 0.600. The zero-order valence-electron chi connectivity index (χ0n) is 9.04. The Bertz CT molecular complexity index is 275. The smallest absolute Gasteiger partial charge is 0.144 e. The number of aromatic nitrogens is 2. The molecular weight excluding hydrogens is 176 g/mol. The van der Waals surface area contributed by atoms with Crippen molar-refractivity contribution in [1.29, 1.82) is 0 Å². The maximum Gasteiger partial charge on any atom is 0.144 e. The van der Waals surface area contributed by atoms with Crippen molar-refractivity contribution in [3.8, 4) is 0 Å². The molecule has 0 fully saturated rings. The Hall–Kier alpha value is -1.16. The summed E-state index contributed by atoms with van der Waals surface area (Å²) >= 11 is 0. The Morgan fingerprint density at radius 3 is 2.93 bits per heavy atom. The maximum absolute atomic E-state index is 4.37. The van der Waals surface area contributed by atoms with Gasteiger partial charge in [-0.25, -0.2) is 9.97 Å². The van der Waals surface area contributed by atoms with Gasteiger partial charge in [-0.1, -0.05) is 6.92 Å². The summed E-state index contributed by atoms with van der Waals surface area (Å²) in [5.74, 6) is 1.72. The van der Waals surface area contributed by atoms with Crippen LogP contribution in [0.4, 0.5) is 5.82 Å². The molecule has 0 aliphatic carbocycles. The monoisotopic (exact) mass is 194 g/mol. The summed E-state index contributed by atoms with van der Waals surface area (Å²) in [6.07, 6.45) is 2.87. The van der Waals surface area contributed by atoms with E-state index in [-0.39, 0.29) is 0 Å². The SMILES string of the molecule is CCC(C)Nc1ccnc(CNC)n1. The molecule has 0 aliphatic rings. The van der Waals surface area contributed by atoms with E-state index in [0.29, 0.717) is 12.6 Å². The van der Waals surface area contributed by atoms with Crippen LogP contribution in [0.1, 0.15) is 26.1 Å². The Kier molecular flexibility index (Phi) is 4.32. The number of hydrogen-bond acceptors (Lipinski definition) is 4. The van der Waals surface area contributed by atoms with Crippen LogP contribution in [0.15, 0.2) is 12.3 Å². The zero-order chi connectivity index (χ0) is 10.4. The Labute approximate surface area is 85.2 Å². The van der Waals surface area contributed by atoms with Crippen LogP contribution in [0.3, 0.4) is 0 Å². The summed E-state index contributed by atoms with van der Waals surface area (Å²) in [6, 6.07) is 2.35. The van der Waals surface area contributed by atoms with E-state index in [1.54, 1.807) is 6.20 Å². The topological polar surface area (TPSA) is 49.8 Å². The lowest BCUT2D eigenvalue weighted by atomic mass is 10.2. The molecule has 0 spiro atoms. The second-order valence-electron chi connectivity index (χ2n) is 3.34. The second kappa shape index (κ2) is 5.54. The van der Waals surface area contributed by atoms with E-state index in [1.807, 2.05) is 13.1 Å². The molecule has 14 heavy (non-hydrogen) atoms. The zero-order valence-corrected chi connectivity index (χ0v) is 9.04. The molecule has 0 amide bonds.